The third-order valence-electron chi connectivity index (χ3n) is 3.94. The lowest BCUT2D eigenvalue weighted by atomic mass is 9.84. The van der Waals surface area contributed by atoms with Crippen LogP contribution in [0.1, 0.15) is 28.9 Å². The summed E-state index contributed by atoms with van der Waals surface area (Å²) in [5.41, 5.74) is 4.50. The van der Waals surface area contributed by atoms with Crippen molar-refractivity contribution >= 4 is 17.5 Å². The van der Waals surface area contributed by atoms with E-state index in [1.54, 1.807) is 31.2 Å². The molecule has 5 nitrogen and oxygen atoms in total. The van der Waals surface area contributed by atoms with Gasteiger partial charge in [-0.1, -0.05) is 60.7 Å². The molecule has 1 aliphatic heterocycles. The van der Waals surface area contributed by atoms with Gasteiger partial charge in [0.15, 0.2) is 11.5 Å². The number of benzene rings is 2. The Morgan fingerprint density at radius 2 is 1.67 bits per heavy atom. The molecule has 2 aromatic rings. The minimum absolute atomic E-state index is 0.125. The minimum Gasteiger partial charge on any atom is -0.461 e. The zero-order valence-electron chi connectivity index (χ0n) is 13.3. The van der Waals surface area contributed by atoms with Crippen molar-refractivity contribution in [2.24, 2.45) is 11.0 Å². The van der Waals surface area contributed by atoms with E-state index in [2.05, 4.69) is 10.5 Å². The number of hydrogen-bond acceptors (Lipinski definition) is 5. The van der Waals surface area contributed by atoms with Crippen LogP contribution >= 0.6 is 0 Å². The van der Waals surface area contributed by atoms with Crippen LogP contribution in [0.4, 0.5) is 0 Å². The standard InChI is InChI=1S/C19H18N2O3/c1-2-24-19(23)17-15(18(22)14-11-7-4-8-12-14)16(20-21-17)13-9-5-3-6-10-13/h3-12,15-16,20H,2H2,1H3. The largest absolute Gasteiger partial charge is 0.461 e. The molecule has 0 aromatic heterocycles. The van der Waals surface area contributed by atoms with Crippen LogP contribution in [0, 0.1) is 5.92 Å². The van der Waals surface area contributed by atoms with Gasteiger partial charge in [-0.15, -0.1) is 0 Å². The van der Waals surface area contributed by atoms with Crippen LogP contribution in [0.25, 0.3) is 0 Å². The van der Waals surface area contributed by atoms with Crippen LogP contribution in [0.15, 0.2) is 65.8 Å². The topological polar surface area (TPSA) is 67.8 Å². The predicted molar refractivity (Wildman–Crippen MR) is 90.6 cm³/mol. The maximum atomic E-state index is 13.0. The van der Waals surface area contributed by atoms with Gasteiger partial charge >= 0.3 is 5.97 Å². The quantitative estimate of drug-likeness (QED) is 0.679. The third-order valence-corrected chi connectivity index (χ3v) is 3.94. The Morgan fingerprint density at radius 3 is 2.29 bits per heavy atom. The second-order valence-electron chi connectivity index (χ2n) is 5.44. The van der Waals surface area contributed by atoms with Crippen molar-refractivity contribution in [1.82, 2.24) is 5.43 Å². The molecule has 1 heterocycles. The van der Waals surface area contributed by atoms with E-state index in [0.29, 0.717) is 5.56 Å². The van der Waals surface area contributed by atoms with Gasteiger partial charge in [0, 0.05) is 5.56 Å². The average molecular weight is 322 g/mol. The van der Waals surface area contributed by atoms with Crippen LogP contribution in [-0.2, 0) is 9.53 Å². The third kappa shape index (κ3) is 3.06. The summed E-state index contributed by atoms with van der Waals surface area (Å²) >= 11 is 0. The van der Waals surface area contributed by atoms with Crippen LogP contribution in [0.5, 0.6) is 0 Å². The second kappa shape index (κ2) is 7.08. The van der Waals surface area contributed by atoms with E-state index >= 15 is 0 Å². The van der Waals surface area contributed by atoms with E-state index < -0.39 is 17.9 Å². The molecule has 3 rings (SSSR count). The number of nitrogens with one attached hydrogen (secondary N) is 1. The van der Waals surface area contributed by atoms with Crippen LogP contribution < -0.4 is 5.43 Å². The number of carbonyl (C=O) groups is 2. The minimum atomic E-state index is -0.714. The molecule has 0 saturated carbocycles. The Kier molecular flexibility index (Phi) is 4.70. The lowest BCUT2D eigenvalue weighted by Gasteiger charge is -2.19. The summed E-state index contributed by atoms with van der Waals surface area (Å²) in [6, 6.07) is 18.0. The molecule has 0 bridgehead atoms. The van der Waals surface area contributed by atoms with Gasteiger partial charge in [0.05, 0.1) is 18.6 Å². The van der Waals surface area contributed by atoms with Gasteiger partial charge in [-0.25, -0.2) is 4.79 Å². The fraction of sp³-hybridized carbons (Fsp3) is 0.211. The molecule has 2 aromatic carbocycles. The molecule has 2 atom stereocenters. The van der Waals surface area contributed by atoms with Gasteiger partial charge in [0.25, 0.3) is 0 Å². The molecule has 0 spiro atoms. The van der Waals surface area contributed by atoms with E-state index in [0.717, 1.165) is 5.56 Å². The summed E-state index contributed by atoms with van der Waals surface area (Å²) in [6.45, 7) is 1.96. The van der Waals surface area contributed by atoms with Gasteiger partial charge in [-0.05, 0) is 12.5 Å². The van der Waals surface area contributed by atoms with E-state index in [-0.39, 0.29) is 18.1 Å². The normalized spacial score (nSPS) is 19.3. The summed E-state index contributed by atoms with van der Waals surface area (Å²) in [7, 11) is 0. The number of esters is 1. The Labute approximate surface area is 140 Å². The van der Waals surface area contributed by atoms with Crippen molar-refractivity contribution in [3.63, 3.8) is 0 Å². The summed E-state index contributed by atoms with van der Waals surface area (Å²) < 4.78 is 5.06. The Bertz CT molecular complexity index is 757. The first-order valence-electron chi connectivity index (χ1n) is 7.86. The Balaban J connectivity index is 1.97. The highest BCUT2D eigenvalue weighted by atomic mass is 16.5. The van der Waals surface area contributed by atoms with Gasteiger partial charge in [-0.2, -0.15) is 5.10 Å². The number of ketones is 1. The molecule has 2 unspecified atom stereocenters. The molecule has 1 aliphatic rings. The number of hydrogen-bond donors (Lipinski definition) is 1. The molecule has 122 valence electrons. The molecule has 0 radical (unpaired) electrons. The second-order valence-corrected chi connectivity index (χ2v) is 5.44. The highest BCUT2D eigenvalue weighted by Crippen LogP contribution is 2.31. The number of ether oxygens (including phenoxy) is 1. The van der Waals surface area contributed by atoms with Crippen molar-refractivity contribution in [3.05, 3.63) is 71.8 Å². The monoisotopic (exact) mass is 322 g/mol. The molecule has 1 N–H and O–H groups in total. The van der Waals surface area contributed by atoms with Crippen molar-refractivity contribution in [2.45, 2.75) is 13.0 Å². The molecule has 24 heavy (non-hydrogen) atoms. The zero-order valence-corrected chi connectivity index (χ0v) is 13.3. The molecule has 5 heteroatoms. The number of Topliss-reactive ketones (excluding diaryl/α,β-unsaturated/α-hetero) is 1. The number of rotatable bonds is 5. The lowest BCUT2D eigenvalue weighted by molar-refractivity contribution is -0.135. The smallest absolute Gasteiger partial charge is 0.355 e. The molecule has 0 aliphatic carbocycles. The predicted octanol–water partition coefficient (Wildman–Crippen LogP) is 2.75. The highest BCUT2D eigenvalue weighted by molar-refractivity contribution is 6.42. The van der Waals surface area contributed by atoms with Crippen LogP contribution in [-0.4, -0.2) is 24.1 Å². The summed E-state index contributed by atoms with van der Waals surface area (Å²) in [6.07, 6.45) is 0. The molecular weight excluding hydrogens is 304 g/mol. The van der Waals surface area contributed by atoms with Crippen molar-refractivity contribution < 1.29 is 14.3 Å². The lowest BCUT2D eigenvalue weighted by Crippen LogP contribution is -2.34. The Hall–Kier alpha value is -2.95. The SMILES string of the molecule is CCOC(=O)C1=NNC(c2ccccc2)C1C(=O)c1ccccc1. The van der Waals surface area contributed by atoms with E-state index in [1.807, 2.05) is 36.4 Å². The van der Waals surface area contributed by atoms with Gasteiger partial charge in [-0.3, -0.25) is 4.79 Å². The zero-order chi connectivity index (χ0) is 16.9. The summed E-state index contributed by atoms with van der Waals surface area (Å²) in [5.74, 6) is -1.42. The van der Waals surface area contributed by atoms with E-state index in [9.17, 15) is 9.59 Å². The maximum absolute atomic E-state index is 13.0. The fourth-order valence-electron chi connectivity index (χ4n) is 2.80. The van der Waals surface area contributed by atoms with Gasteiger partial charge < -0.3 is 10.2 Å². The van der Waals surface area contributed by atoms with E-state index in [4.69, 9.17) is 4.74 Å². The van der Waals surface area contributed by atoms with Crippen molar-refractivity contribution in [1.29, 1.82) is 0 Å². The summed E-state index contributed by atoms with van der Waals surface area (Å²) in [5, 5.41) is 4.11. The first-order valence-corrected chi connectivity index (χ1v) is 7.86. The number of hydrazone groups is 1. The number of nitrogens with zero attached hydrogens (tertiary/aromatic N) is 1. The summed E-state index contributed by atoms with van der Waals surface area (Å²) in [4.78, 5) is 25.2. The van der Waals surface area contributed by atoms with Gasteiger partial charge in [0.2, 0.25) is 0 Å². The fourth-order valence-corrected chi connectivity index (χ4v) is 2.80. The molecular formula is C19H18N2O3. The van der Waals surface area contributed by atoms with Crippen molar-refractivity contribution in [2.75, 3.05) is 6.61 Å². The maximum Gasteiger partial charge on any atom is 0.355 e. The average Bonchev–Trinajstić information content (AvgIpc) is 3.08. The van der Waals surface area contributed by atoms with Crippen LogP contribution in [0.2, 0.25) is 0 Å². The first kappa shape index (κ1) is 15.9. The van der Waals surface area contributed by atoms with Crippen LogP contribution in [0.3, 0.4) is 0 Å². The molecule has 0 saturated heterocycles. The number of carbonyl (C=O) groups excluding carboxylic acids is 2. The Morgan fingerprint density at radius 1 is 1.04 bits per heavy atom. The first-order chi connectivity index (χ1) is 11.7. The highest BCUT2D eigenvalue weighted by Gasteiger charge is 2.42. The molecule has 0 fully saturated rings. The van der Waals surface area contributed by atoms with E-state index in [1.165, 1.54) is 0 Å². The van der Waals surface area contributed by atoms with Gasteiger partial charge in [0.1, 0.15) is 0 Å². The molecule has 0 amide bonds. The van der Waals surface area contributed by atoms with Crippen molar-refractivity contribution in [3.8, 4) is 0 Å².